The third kappa shape index (κ3) is 2.57. The van der Waals surface area contributed by atoms with Gasteiger partial charge in [0.2, 0.25) is 0 Å². The van der Waals surface area contributed by atoms with Gasteiger partial charge in [0.15, 0.2) is 23.3 Å². The van der Waals surface area contributed by atoms with Crippen LogP contribution >= 0.6 is 0 Å². The van der Waals surface area contributed by atoms with Crippen molar-refractivity contribution in [3.05, 3.63) is 64.1 Å². The molecule has 2 aromatic carbocycles. The maximum absolute atomic E-state index is 12.0. The molecular formula is C17H15NO4. The number of ketones is 1. The Morgan fingerprint density at radius 2 is 1.95 bits per heavy atom. The molecule has 5 nitrogen and oxygen atoms in total. The Hall–Kier alpha value is -2.69. The van der Waals surface area contributed by atoms with Gasteiger partial charge in [0.25, 0.3) is 0 Å². The molecule has 1 unspecified atom stereocenters. The number of hydrogen-bond acceptors (Lipinski definition) is 5. The number of nitrogens with zero attached hydrogens (tertiary/aromatic N) is 1. The molecule has 0 fully saturated rings. The molecule has 0 saturated heterocycles. The highest BCUT2D eigenvalue weighted by Crippen LogP contribution is 2.36. The van der Waals surface area contributed by atoms with Crippen molar-refractivity contribution in [2.45, 2.75) is 19.1 Å². The maximum Gasteiger partial charge on any atom is 0.191 e. The Balaban J connectivity index is 1.86. The van der Waals surface area contributed by atoms with Crippen molar-refractivity contribution < 1.29 is 14.3 Å². The summed E-state index contributed by atoms with van der Waals surface area (Å²) in [6, 6.07) is 12.3. The van der Waals surface area contributed by atoms with E-state index in [4.69, 9.17) is 9.47 Å². The van der Waals surface area contributed by atoms with Gasteiger partial charge in [0.1, 0.15) is 6.61 Å². The summed E-state index contributed by atoms with van der Waals surface area (Å²) in [4.78, 5) is 22.7. The SMILES string of the molecule is COc1cc2c(cc1OCc1ccccc1)CC(N=O)C2=O. The average Bonchev–Trinajstić information content (AvgIpc) is 2.88. The first-order valence-electron chi connectivity index (χ1n) is 6.97. The highest BCUT2D eigenvalue weighted by molar-refractivity contribution is 6.05. The van der Waals surface area contributed by atoms with Gasteiger partial charge in [-0.05, 0) is 23.3 Å². The van der Waals surface area contributed by atoms with Crippen LogP contribution < -0.4 is 9.47 Å². The molecule has 1 atom stereocenters. The summed E-state index contributed by atoms with van der Waals surface area (Å²) in [7, 11) is 1.52. The lowest BCUT2D eigenvalue weighted by molar-refractivity contribution is 0.0975. The minimum atomic E-state index is -0.830. The van der Waals surface area contributed by atoms with E-state index >= 15 is 0 Å². The number of nitroso groups, excluding NO2 is 1. The first kappa shape index (κ1) is 14.3. The third-order valence-corrected chi connectivity index (χ3v) is 3.74. The molecule has 0 amide bonds. The molecular weight excluding hydrogens is 282 g/mol. The van der Waals surface area contributed by atoms with Gasteiger partial charge in [-0.15, -0.1) is 0 Å². The number of carbonyl (C=O) groups is 1. The van der Waals surface area contributed by atoms with Gasteiger partial charge in [0.05, 0.1) is 7.11 Å². The molecule has 112 valence electrons. The number of benzene rings is 2. The molecule has 22 heavy (non-hydrogen) atoms. The number of carbonyl (C=O) groups excluding carboxylic acids is 1. The summed E-state index contributed by atoms with van der Waals surface area (Å²) < 4.78 is 11.1. The zero-order chi connectivity index (χ0) is 15.5. The van der Waals surface area contributed by atoms with Crippen molar-refractivity contribution in [3.8, 4) is 11.5 Å². The topological polar surface area (TPSA) is 65.0 Å². The van der Waals surface area contributed by atoms with E-state index in [2.05, 4.69) is 5.18 Å². The summed E-state index contributed by atoms with van der Waals surface area (Å²) in [5, 5.41) is 2.88. The lowest BCUT2D eigenvalue weighted by Crippen LogP contribution is -2.11. The van der Waals surface area contributed by atoms with E-state index in [1.54, 1.807) is 12.1 Å². The van der Waals surface area contributed by atoms with E-state index in [1.807, 2.05) is 30.3 Å². The summed E-state index contributed by atoms with van der Waals surface area (Å²) in [5.41, 5.74) is 2.31. The molecule has 0 N–H and O–H groups in total. The van der Waals surface area contributed by atoms with E-state index < -0.39 is 6.04 Å². The molecule has 2 aromatic rings. The van der Waals surface area contributed by atoms with E-state index in [1.165, 1.54) is 7.11 Å². The number of fused-ring (bicyclic) bond motifs is 1. The van der Waals surface area contributed by atoms with Crippen LogP contribution in [0, 0.1) is 4.91 Å². The lowest BCUT2D eigenvalue weighted by Gasteiger charge is -2.12. The van der Waals surface area contributed by atoms with Crippen molar-refractivity contribution in [3.63, 3.8) is 0 Å². The Morgan fingerprint density at radius 3 is 2.64 bits per heavy atom. The second kappa shape index (κ2) is 5.97. The van der Waals surface area contributed by atoms with Gasteiger partial charge in [-0.2, -0.15) is 4.91 Å². The zero-order valence-corrected chi connectivity index (χ0v) is 12.1. The Bertz CT molecular complexity index is 712. The van der Waals surface area contributed by atoms with E-state index in [0.29, 0.717) is 30.1 Å². The van der Waals surface area contributed by atoms with Gasteiger partial charge in [-0.25, -0.2) is 0 Å². The smallest absolute Gasteiger partial charge is 0.191 e. The maximum atomic E-state index is 12.0. The third-order valence-electron chi connectivity index (χ3n) is 3.74. The van der Waals surface area contributed by atoms with Crippen molar-refractivity contribution >= 4 is 5.78 Å². The molecule has 5 heteroatoms. The summed E-state index contributed by atoms with van der Waals surface area (Å²) in [5.74, 6) is 0.789. The molecule has 1 aliphatic carbocycles. The van der Waals surface area contributed by atoms with E-state index in [0.717, 1.165) is 11.1 Å². The van der Waals surface area contributed by atoms with Crippen LogP contribution in [0.4, 0.5) is 0 Å². The predicted molar refractivity (Wildman–Crippen MR) is 81.4 cm³/mol. The predicted octanol–water partition coefficient (Wildman–Crippen LogP) is 3.15. The van der Waals surface area contributed by atoms with Crippen LogP contribution in [0.15, 0.2) is 47.6 Å². The van der Waals surface area contributed by atoms with Crippen LogP contribution in [0.3, 0.4) is 0 Å². The molecule has 3 rings (SSSR count). The summed E-state index contributed by atoms with van der Waals surface area (Å²) in [6.07, 6.45) is 0.323. The lowest BCUT2D eigenvalue weighted by atomic mass is 10.1. The highest BCUT2D eigenvalue weighted by atomic mass is 16.5. The van der Waals surface area contributed by atoms with Crippen LogP contribution in [-0.2, 0) is 13.0 Å². The van der Waals surface area contributed by atoms with Crippen LogP contribution in [-0.4, -0.2) is 18.9 Å². The second-order valence-corrected chi connectivity index (χ2v) is 5.12. The number of hydrogen-bond donors (Lipinski definition) is 0. The standard InChI is InChI=1S/C17H15NO4/c1-21-15-9-13-12(7-14(18-20)17(13)19)8-16(15)22-10-11-5-3-2-4-6-11/h2-6,8-9,14H,7,10H2,1H3. The average molecular weight is 297 g/mol. The fourth-order valence-electron chi connectivity index (χ4n) is 2.57. The van der Waals surface area contributed by atoms with Crippen molar-refractivity contribution in [2.75, 3.05) is 7.11 Å². The number of methoxy groups -OCH3 is 1. The van der Waals surface area contributed by atoms with Crippen LogP contribution in [0.2, 0.25) is 0 Å². The molecule has 0 saturated carbocycles. The second-order valence-electron chi connectivity index (χ2n) is 5.12. The molecule has 0 spiro atoms. The zero-order valence-electron chi connectivity index (χ0n) is 12.1. The molecule has 0 heterocycles. The van der Waals surface area contributed by atoms with Crippen LogP contribution in [0.25, 0.3) is 0 Å². The monoisotopic (exact) mass is 297 g/mol. The number of rotatable bonds is 5. The first-order valence-corrected chi connectivity index (χ1v) is 6.97. The van der Waals surface area contributed by atoms with Gasteiger partial charge < -0.3 is 9.47 Å². The fourth-order valence-corrected chi connectivity index (χ4v) is 2.57. The molecule has 0 radical (unpaired) electrons. The fraction of sp³-hybridized carbons (Fsp3) is 0.235. The Kier molecular flexibility index (Phi) is 3.87. The molecule has 0 aliphatic heterocycles. The van der Waals surface area contributed by atoms with E-state index in [-0.39, 0.29) is 5.78 Å². The minimum Gasteiger partial charge on any atom is -0.493 e. The van der Waals surface area contributed by atoms with Crippen LogP contribution in [0.5, 0.6) is 11.5 Å². The van der Waals surface area contributed by atoms with Crippen molar-refractivity contribution in [2.24, 2.45) is 5.18 Å². The number of Topliss-reactive ketones (excluding diaryl/α,β-unsaturated/α-hetero) is 1. The van der Waals surface area contributed by atoms with Gasteiger partial charge in [0, 0.05) is 12.0 Å². The van der Waals surface area contributed by atoms with Crippen molar-refractivity contribution in [1.82, 2.24) is 0 Å². The number of ether oxygens (including phenoxy) is 2. The van der Waals surface area contributed by atoms with Gasteiger partial charge in [-0.3, -0.25) is 4.79 Å². The largest absolute Gasteiger partial charge is 0.493 e. The summed E-state index contributed by atoms with van der Waals surface area (Å²) >= 11 is 0. The van der Waals surface area contributed by atoms with Gasteiger partial charge in [-0.1, -0.05) is 35.5 Å². The van der Waals surface area contributed by atoms with Crippen molar-refractivity contribution in [1.29, 1.82) is 0 Å². The van der Waals surface area contributed by atoms with E-state index in [9.17, 15) is 9.70 Å². The Labute approximate surface area is 127 Å². The molecule has 0 bridgehead atoms. The normalized spacial score (nSPS) is 16.2. The van der Waals surface area contributed by atoms with Crippen LogP contribution in [0.1, 0.15) is 21.5 Å². The first-order chi connectivity index (χ1) is 10.7. The molecule has 1 aliphatic rings. The minimum absolute atomic E-state index is 0.252. The Morgan fingerprint density at radius 1 is 1.18 bits per heavy atom. The quantitative estimate of drug-likeness (QED) is 0.795. The molecule has 0 aromatic heterocycles. The summed E-state index contributed by atoms with van der Waals surface area (Å²) in [6.45, 7) is 0.402. The van der Waals surface area contributed by atoms with Gasteiger partial charge >= 0.3 is 0 Å². The highest BCUT2D eigenvalue weighted by Gasteiger charge is 2.33.